The van der Waals surface area contributed by atoms with Crippen molar-refractivity contribution in [3.05, 3.63) is 36.5 Å². The van der Waals surface area contributed by atoms with Crippen LogP contribution in [0.1, 0.15) is 31.7 Å². The Labute approximate surface area is 150 Å². The quantitative estimate of drug-likeness (QED) is 0.686. The Morgan fingerprint density at radius 1 is 1.15 bits per heavy atom. The summed E-state index contributed by atoms with van der Waals surface area (Å²) in [5.41, 5.74) is 14.1. The molecule has 1 aliphatic carbocycles. The largest absolute Gasteiger partial charge is 0.396 e. The van der Waals surface area contributed by atoms with Crippen molar-refractivity contribution in [1.29, 1.82) is 5.26 Å². The number of nitrogen functional groups attached to an aromatic ring is 2. The highest BCUT2D eigenvalue weighted by atomic mass is 19.1. The van der Waals surface area contributed by atoms with Crippen LogP contribution < -0.4 is 11.5 Å². The molecule has 4 N–H and O–H groups in total. The van der Waals surface area contributed by atoms with Gasteiger partial charge in [-0.1, -0.05) is 6.07 Å². The molecule has 0 spiro atoms. The van der Waals surface area contributed by atoms with Crippen molar-refractivity contribution in [2.75, 3.05) is 11.5 Å². The van der Waals surface area contributed by atoms with E-state index in [0.717, 1.165) is 42.3 Å². The second kappa shape index (κ2) is 6.30. The average Bonchev–Trinajstić information content (AvgIpc) is 3.05. The summed E-state index contributed by atoms with van der Waals surface area (Å²) in [6, 6.07) is 7.33. The summed E-state index contributed by atoms with van der Waals surface area (Å²) < 4.78 is 16.1. The second-order valence-corrected chi connectivity index (χ2v) is 6.78. The van der Waals surface area contributed by atoms with Gasteiger partial charge >= 0.3 is 0 Å². The molecule has 6 nitrogen and oxygen atoms in total. The Kier molecular flexibility index (Phi) is 3.96. The van der Waals surface area contributed by atoms with Crippen LogP contribution in [0.3, 0.4) is 0 Å². The van der Waals surface area contributed by atoms with Crippen molar-refractivity contribution in [3.8, 4) is 17.2 Å². The van der Waals surface area contributed by atoms with Crippen molar-refractivity contribution in [2.45, 2.75) is 31.7 Å². The number of hydrogen-bond donors (Lipinski definition) is 2. The fourth-order valence-electron chi connectivity index (χ4n) is 3.78. The molecule has 1 fully saturated rings. The first kappa shape index (κ1) is 16.3. The van der Waals surface area contributed by atoms with E-state index in [1.165, 1.54) is 12.4 Å². The highest BCUT2D eigenvalue weighted by Gasteiger charge is 2.25. The van der Waals surface area contributed by atoms with E-state index < -0.39 is 5.82 Å². The topological polar surface area (TPSA) is 107 Å². The molecule has 0 aliphatic heterocycles. The van der Waals surface area contributed by atoms with E-state index in [1.807, 2.05) is 6.20 Å². The number of anilines is 2. The maximum absolute atomic E-state index is 14.0. The molecule has 4 rings (SSSR count). The van der Waals surface area contributed by atoms with Gasteiger partial charge in [0, 0.05) is 23.7 Å². The third kappa shape index (κ3) is 2.64. The van der Waals surface area contributed by atoms with Crippen molar-refractivity contribution < 1.29 is 4.39 Å². The third-order valence-corrected chi connectivity index (χ3v) is 5.22. The predicted molar refractivity (Wildman–Crippen MR) is 98.4 cm³/mol. The number of nitrogens with zero attached hydrogens (tertiary/aromatic N) is 4. The summed E-state index contributed by atoms with van der Waals surface area (Å²) in [4.78, 5) is 8.54. The third-order valence-electron chi connectivity index (χ3n) is 5.22. The van der Waals surface area contributed by atoms with Crippen LogP contribution in [0.2, 0.25) is 0 Å². The van der Waals surface area contributed by atoms with Gasteiger partial charge in [0.05, 0.1) is 17.1 Å². The highest BCUT2D eigenvalue weighted by molar-refractivity contribution is 6.00. The molecule has 3 aromatic rings. The smallest absolute Gasteiger partial charge is 0.146 e. The lowest BCUT2D eigenvalue weighted by atomic mass is 9.87. The summed E-state index contributed by atoms with van der Waals surface area (Å²) in [5.74, 6) is 0.0264. The monoisotopic (exact) mass is 350 g/mol. The van der Waals surface area contributed by atoms with Gasteiger partial charge in [0.1, 0.15) is 23.6 Å². The fraction of sp³-hybridized carbons (Fsp3) is 0.316. The molecule has 1 aliphatic rings. The number of rotatable bonds is 2. The Morgan fingerprint density at radius 3 is 2.62 bits per heavy atom. The van der Waals surface area contributed by atoms with Gasteiger partial charge in [-0.3, -0.25) is 0 Å². The van der Waals surface area contributed by atoms with Crippen LogP contribution in [0.5, 0.6) is 0 Å². The minimum Gasteiger partial charge on any atom is -0.396 e. The fourth-order valence-corrected chi connectivity index (χ4v) is 3.78. The molecule has 0 saturated heterocycles. The highest BCUT2D eigenvalue weighted by Crippen LogP contribution is 2.39. The van der Waals surface area contributed by atoms with Gasteiger partial charge < -0.3 is 16.0 Å². The number of fused-ring (bicyclic) bond motifs is 1. The molecule has 132 valence electrons. The Hall–Kier alpha value is -3.14. The summed E-state index contributed by atoms with van der Waals surface area (Å²) >= 11 is 0. The molecular weight excluding hydrogens is 331 g/mol. The lowest BCUT2D eigenvalue weighted by Gasteiger charge is -2.26. The number of halogens is 1. The molecular formula is C19H19FN6. The lowest BCUT2D eigenvalue weighted by molar-refractivity contribution is 0.318. The van der Waals surface area contributed by atoms with Crippen LogP contribution in [0.15, 0.2) is 30.7 Å². The number of benzene rings is 1. The molecule has 2 aromatic heterocycles. The second-order valence-electron chi connectivity index (χ2n) is 6.78. The van der Waals surface area contributed by atoms with Crippen LogP contribution in [-0.4, -0.2) is 14.5 Å². The van der Waals surface area contributed by atoms with Gasteiger partial charge in [-0.25, -0.2) is 14.4 Å². The van der Waals surface area contributed by atoms with E-state index >= 15 is 0 Å². The summed E-state index contributed by atoms with van der Waals surface area (Å²) in [6.07, 6.45) is 6.96. The number of nitriles is 1. The molecule has 0 bridgehead atoms. The SMILES string of the molecule is N#C[C@H]1CC[C@H](n2cc(-c3ccc(N)c(F)c3)c3c(N)ncnc32)CC1. The van der Waals surface area contributed by atoms with Gasteiger partial charge in [-0.05, 0) is 43.4 Å². The van der Waals surface area contributed by atoms with Crippen molar-refractivity contribution in [1.82, 2.24) is 14.5 Å². The molecule has 0 atom stereocenters. The Morgan fingerprint density at radius 2 is 1.92 bits per heavy atom. The molecule has 7 heteroatoms. The van der Waals surface area contributed by atoms with Crippen LogP contribution in [0.25, 0.3) is 22.2 Å². The predicted octanol–water partition coefficient (Wildman–Crippen LogP) is 3.66. The van der Waals surface area contributed by atoms with Crippen LogP contribution in [0.4, 0.5) is 15.9 Å². The maximum Gasteiger partial charge on any atom is 0.146 e. The first-order valence-corrected chi connectivity index (χ1v) is 8.64. The summed E-state index contributed by atoms with van der Waals surface area (Å²) in [7, 11) is 0. The minimum absolute atomic E-state index is 0.108. The summed E-state index contributed by atoms with van der Waals surface area (Å²) in [6.45, 7) is 0. The molecule has 0 unspecified atom stereocenters. The standard InChI is InChI=1S/C19H19FN6/c20-15-7-12(3-6-16(15)22)14-9-26(13-4-1-11(8-21)2-5-13)19-17(14)18(23)24-10-25-19/h3,6-7,9-11,13H,1-2,4-5,22H2,(H2,23,24,25)/t11-,13-. The van der Waals surface area contributed by atoms with Gasteiger partial charge in [0.25, 0.3) is 0 Å². The van der Waals surface area contributed by atoms with E-state index in [4.69, 9.17) is 16.7 Å². The first-order valence-electron chi connectivity index (χ1n) is 8.64. The molecule has 0 radical (unpaired) electrons. The summed E-state index contributed by atoms with van der Waals surface area (Å²) in [5, 5.41) is 9.84. The van der Waals surface area contributed by atoms with Gasteiger partial charge in [-0.2, -0.15) is 5.26 Å². The number of nitrogens with two attached hydrogens (primary N) is 2. The Balaban J connectivity index is 1.84. The van der Waals surface area contributed by atoms with Crippen LogP contribution in [-0.2, 0) is 0 Å². The van der Waals surface area contributed by atoms with E-state index in [9.17, 15) is 4.39 Å². The zero-order valence-corrected chi connectivity index (χ0v) is 14.2. The maximum atomic E-state index is 14.0. The van der Waals surface area contributed by atoms with Crippen LogP contribution >= 0.6 is 0 Å². The van der Waals surface area contributed by atoms with Crippen LogP contribution in [0, 0.1) is 23.1 Å². The number of hydrogen-bond acceptors (Lipinski definition) is 5. The van der Waals surface area contributed by atoms with E-state index in [0.29, 0.717) is 11.4 Å². The minimum atomic E-state index is -0.464. The van der Waals surface area contributed by atoms with Crippen molar-refractivity contribution in [3.63, 3.8) is 0 Å². The molecule has 1 aromatic carbocycles. The molecule has 0 amide bonds. The molecule has 1 saturated carbocycles. The lowest BCUT2D eigenvalue weighted by Crippen LogP contribution is -2.17. The van der Waals surface area contributed by atoms with Crippen molar-refractivity contribution >= 4 is 22.5 Å². The van der Waals surface area contributed by atoms with E-state index in [1.54, 1.807) is 12.1 Å². The van der Waals surface area contributed by atoms with Crippen molar-refractivity contribution in [2.24, 2.45) is 5.92 Å². The van der Waals surface area contributed by atoms with E-state index in [2.05, 4.69) is 20.6 Å². The van der Waals surface area contributed by atoms with Gasteiger partial charge in [0.2, 0.25) is 0 Å². The van der Waals surface area contributed by atoms with Gasteiger partial charge in [-0.15, -0.1) is 0 Å². The zero-order valence-electron chi connectivity index (χ0n) is 14.2. The normalized spacial score (nSPS) is 20.2. The zero-order chi connectivity index (χ0) is 18.3. The molecule has 2 heterocycles. The average molecular weight is 350 g/mol. The first-order chi connectivity index (χ1) is 12.6. The Bertz CT molecular complexity index is 1010. The van der Waals surface area contributed by atoms with Gasteiger partial charge in [0.15, 0.2) is 0 Å². The van der Waals surface area contributed by atoms with E-state index in [-0.39, 0.29) is 17.6 Å². The number of aromatic nitrogens is 3. The molecule has 26 heavy (non-hydrogen) atoms.